The molecule has 0 aromatic heterocycles. The van der Waals surface area contributed by atoms with Crippen LogP contribution in [0.3, 0.4) is 0 Å². The second kappa shape index (κ2) is 6.60. The molecule has 1 heterocycles. The number of nitrogens with one attached hydrogen (secondary N) is 1. The van der Waals surface area contributed by atoms with Crippen LogP contribution in [-0.4, -0.2) is 47.5 Å². The van der Waals surface area contributed by atoms with Gasteiger partial charge in [-0.3, -0.25) is 10.1 Å². The predicted octanol–water partition coefficient (Wildman–Crippen LogP) is 1.79. The van der Waals surface area contributed by atoms with Crippen LogP contribution in [0.25, 0.3) is 0 Å². The molecule has 0 bridgehead atoms. The Morgan fingerprint density at radius 2 is 1.88 bits per heavy atom. The SMILES string of the molecule is O=C(O)NC1CCC(C2CN2S(=O)(=O)c2ccccc2[N+](=O)[O-])CC1. The summed E-state index contributed by atoms with van der Waals surface area (Å²) in [4.78, 5) is 20.8. The minimum atomic E-state index is -3.89. The van der Waals surface area contributed by atoms with E-state index in [9.17, 15) is 23.3 Å². The van der Waals surface area contributed by atoms with E-state index in [0.717, 1.165) is 12.8 Å². The van der Waals surface area contributed by atoms with Crippen molar-refractivity contribution >= 4 is 21.8 Å². The molecule has 10 heteroatoms. The molecule has 9 nitrogen and oxygen atoms in total. The van der Waals surface area contributed by atoms with Crippen molar-refractivity contribution in [1.29, 1.82) is 0 Å². The quantitative estimate of drug-likeness (QED) is 0.462. The second-order valence-corrected chi connectivity index (χ2v) is 8.29. The van der Waals surface area contributed by atoms with Gasteiger partial charge in [0.1, 0.15) is 0 Å². The largest absolute Gasteiger partial charge is 0.465 e. The van der Waals surface area contributed by atoms with Crippen molar-refractivity contribution in [2.45, 2.75) is 42.7 Å². The Bertz CT molecular complexity index is 788. The molecule has 2 atom stereocenters. The van der Waals surface area contributed by atoms with Crippen molar-refractivity contribution in [2.75, 3.05) is 6.54 Å². The highest BCUT2D eigenvalue weighted by Gasteiger charge is 2.50. The van der Waals surface area contributed by atoms with Crippen LogP contribution in [-0.2, 0) is 10.0 Å². The van der Waals surface area contributed by atoms with E-state index in [0.29, 0.717) is 19.4 Å². The molecular weight excluding hydrogens is 350 g/mol. The molecule has 1 saturated heterocycles. The number of nitro benzene ring substituents is 1. The molecule has 1 saturated carbocycles. The van der Waals surface area contributed by atoms with Crippen molar-refractivity contribution in [2.24, 2.45) is 5.92 Å². The summed E-state index contributed by atoms with van der Waals surface area (Å²) in [6.45, 7) is 0.357. The topological polar surface area (TPSA) is 130 Å². The first-order valence-electron chi connectivity index (χ1n) is 8.05. The van der Waals surface area contributed by atoms with Crippen LogP contribution in [0.15, 0.2) is 29.2 Å². The number of rotatable bonds is 5. The normalized spacial score (nSPS) is 29.0. The van der Waals surface area contributed by atoms with Crippen LogP contribution in [0.5, 0.6) is 0 Å². The van der Waals surface area contributed by atoms with Gasteiger partial charge in [0, 0.05) is 24.7 Å². The molecule has 25 heavy (non-hydrogen) atoms. The lowest BCUT2D eigenvalue weighted by Crippen LogP contribution is -2.37. The van der Waals surface area contributed by atoms with Gasteiger partial charge >= 0.3 is 6.09 Å². The highest BCUT2D eigenvalue weighted by molar-refractivity contribution is 7.89. The third-order valence-corrected chi connectivity index (χ3v) is 6.83. The smallest absolute Gasteiger partial charge is 0.404 e. The van der Waals surface area contributed by atoms with Gasteiger partial charge in [0.05, 0.1) is 4.92 Å². The molecule has 2 fully saturated rings. The zero-order chi connectivity index (χ0) is 18.2. The van der Waals surface area contributed by atoms with Crippen molar-refractivity contribution in [3.8, 4) is 0 Å². The molecule has 1 aliphatic heterocycles. The summed E-state index contributed by atoms with van der Waals surface area (Å²) in [5, 5.41) is 22.3. The van der Waals surface area contributed by atoms with Gasteiger partial charge in [0.25, 0.3) is 5.69 Å². The maximum atomic E-state index is 12.7. The molecular formula is C15H19N3O6S. The van der Waals surface area contributed by atoms with Crippen molar-refractivity contribution in [3.63, 3.8) is 0 Å². The summed E-state index contributed by atoms with van der Waals surface area (Å²) in [7, 11) is -3.89. The number of carbonyl (C=O) groups is 1. The molecule has 1 aromatic carbocycles. The Morgan fingerprint density at radius 1 is 1.24 bits per heavy atom. The molecule has 1 amide bonds. The number of carboxylic acid groups (broad SMARTS) is 1. The first-order chi connectivity index (χ1) is 11.8. The number of hydrogen-bond acceptors (Lipinski definition) is 5. The molecule has 0 radical (unpaired) electrons. The first kappa shape index (κ1) is 17.6. The lowest BCUT2D eigenvalue weighted by Gasteiger charge is -2.28. The Hall–Kier alpha value is -2.20. The summed E-state index contributed by atoms with van der Waals surface area (Å²) in [6.07, 6.45) is 1.77. The molecule has 136 valence electrons. The van der Waals surface area contributed by atoms with E-state index in [-0.39, 0.29) is 22.9 Å². The zero-order valence-electron chi connectivity index (χ0n) is 13.4. The van der Waals surface area contributed by atoms with E-state index in [1.165, 1.54) is 28.6 Å². The fourth-order valence-electron chi connectivity index (χ4n) is 3.57. The number of sulfonamides is 1. The Morgan fingerprint density at radius 3 is 2.48 bits per heavy atom. The highest BCUT2D eigenvalue weighted by atomic mass is 32.2. The maximum absolute atomic E-state index is 12.7. The summed E-state index contributed by atoms with van der Waals surface area (Å²) in [5.41, 5.74) is -0.414. The van der Waals surface area contributed by atoms with Gasteiger partial charge in [0.2, 0.25) is 10.0 Å². The number of amides is 1. The number of nitrogens with zero attached hydrogens (tertiary/aromatic N) is 2. The van der Waals surface area contributed by atoms with Gasteiger partial charge in [-0.1, -0.05) is 12.1 Å². The number of nitro groups is 1. The van der Waals surface area contributed by atoms with Gasteiger partial charge in [-0.2, -0.15) is 4.31 Å². The fourth-order valence-corrected chi connectivity index (χ4v) is 5.36. The third kappa shape index (κ3) is 3.59. The molecule has 1 aromatic rings. The van der Waals surface area contributed by atoms with E-state index in [1.54, 1.807) is 0 Å². The average molecular weight is 369 g/mol. The Balaban J connectivity index is 1.68. The zero-order valence-corrected chi connectivity index (χ0v) is 14.2. The molecule has 3 rings (SSSR count). The summed E-state index contributed by atoms with van der Waals surface area (Å²) in [6, 6.07) is 5.11. The van der Waals surface area contributed by atoms with E-state index >= 15 is 0 Å². The van der Waals surface area contributed by atoms with Crippen LogP contribution in [0.1, 0.15) is 25.7 Å². The Labute approximate surface area is 144 Å². The minimum absolute atomic E-state index is 0.0900. The van der Waals surface area contributed by atoms with E-state index in [2.05, 4.69) is 5.32 Å². The standard InChI is InChI=1S/C15H19N3O6S/c19-15(20)16-11-7-5-10(6-8-11)13-9-17(13)25(23,24)14-4-2-1-3-12(14)18(21)22/h1-4,10-11,13,16H,5-9H2,(H,19,20). The average Bonchev–Trinajstić information content (AvgIpc) is 3.36. The van der Waals surface area contributed by atoms with Gasteiger partial charge in [-0.05, 0) is 37.7 Å². The molecule has 2 N–H and O–H groups in total. The van der Waals surface area contributed by atoms with Crippen LogP contribution < -0.4 is 5.32 Å². The maximum Gasteiger partial charge on any atom is 0.404 e. The lowest BCUT2D eigenvalue weighted by atomic mass is 9.84. The Kier molecular flexibility index (Phi) is 4.65. The van der Waals surface area contributed by atoms with Gasteiger partial charge in [0.15, 0.2) is 4.90 Å². The predicted molar refractivity (Wildman–Crippen MR) is 87.7 cm³/mol. The van der Waals surface area contributed by atoms with E-state index in [4.69, 9.17) is 5.11 Å². The number of hydrogen-bond donors (Lipinski definition) is 2. The van der Waals surface area contributed by atoms with Crippen molar-refractivity contribution in [1.82, 2.24) is 9.62 Å². The summed E-state index contributed by atoms with van der Waals surface area (Å²) >= 11 is 0. The summed E-state index contributed by atoms with van der Waals surface area (Å²) in [5.74, 6) is 0.157. The monoisotopic (exact) mass is 369 g/mol. The van der Waals surface area contributed by atoms with Crippen LogP contribution in [0.2, 0.25) is 0 Å². The second-order valence-electron chi connectivity index (χ2n) is 6.43. The van der Waals surface area contributed by atoms with Gasteiger partial charge in [-0.15, -0.1) is 0 Å². The van der Waals surface area contributed by atoms with E-state index in [1.807, 2.05) is 0 Å². The van der Waals surface area contributed by atoms with Crippen molar-refractivity contribution < 1.29 is 23.2 Å². The van der Waals surface area contributed by atoms with Crippen LogP contribution >= 0.6 is 0 Å². The van der Waals surface area contributed by atoms with Gasteiger partial charge in [-0.25, -0.2) is 13.2 Å². The minimum Gasteiger partial charge on any atom is -0.465 e. The lowest BCUT2D eigenvalue weighted by molar-refractivity contribution is -0.387. The molecule has 2 unspecified atom stereocenters. The third-order valence-electron chi connectivity index (χ3n) is 4.90. The molecule has 0 spiro atoms. The fraction of sp³-hybridized carbons (Fsp3) is 0.533. The first-order valence-corrected chi connectivity index (χ1v) is 9.49. The van der Waals surface area contributed by atoms with Crippen molar-refractivity contribution in [3.05, 3.63) is 34.4 Å². The van der Waals surface area contributed by atoms with Crippen LogP contribution in [0.4, 0.5) is 10.5 Å². The molecule has 2 aliphatic rings. The molecule has 1 aliphatic carbocycles. The number of benzene rings is 1. The van der Waals surface area contributed by atoms with Crippen LogP contribution in [0, 0.1) is 16.0 Å². The highest BCUT2D eigenvalue weighted by Crippen LogP contribution is 2.41. The number of para-hydroxylation sites is 1. The van der Waals surface area contributed by atoms with Gasteiger partial charge < -0.3 is 10.4 Å². The summed E-state index contributed by atoms with van der Waals surface area (Å²) < 4.78 is 26.7. The van der Waals surface area contributed by atoms with E-state index < -0.39 is 26.7 Å².